The summed E-state index contributed by atoms with van der Waals surface area (Å²) >= 11 is 3.13. The minimum Gasteiger partial charge on any atom is -0.326 e. The predicted molar refractivity (Wildman–Crippen MR) is 108 cm³/mol. The molecule has 2 aromatic carbocycles. The molecule has 140 valence electrons. The van der Waals surface area contributed by atoms with Crippen LogP contribution in [0.1, 0.15) is 5.56 Å². The van der Waals surface area contributed by atoms with Crippen LogP contribution in [0.15, 0.2) is 59.5 Å². The number of fused-ring (bicyclic) bond motifs is 1. The van der Waals surface area contributed by atoms with Gasteiger partial charge >= 0.3 is 0 Å². The largest absolute Gasteiger partial charge is 0.326 e. The second kappa shape index (κ2) is 7.47. The van der Waals surface area contributed by atoms with Gasteiger partial charge in [-0.25, -0.2) is 9.37 Å². The van der Waals surface area contributed by atoms with E-state index >= 15 is 0 Å². The molecule has 0 saturated carbocycles. The first-order valence-electron chi connectivity index (χ1n) is 8.47. The zero-order valence-corrected chi connectivity index (χ0v) is 16.4. The molecule has 0 aliphatic rings. The number of nitrogens with zero attached hydrogens (tertiary/aromatic N) is 4. The summed E-state index contributed by atoms with van der Waals surface area (Å²) in [4.78, 5) is 21.4. The third-order valence-electron chi connectivity index (χ3n) is 4.18. The number of carbonyl (C=O) groups is 1. The zero-order chi connectivity index (χ0) is 19.7. The van der Waals surface area contributed by atoms with Gasteiger partial charge in [-0.05, 0) is 51.8 Å². The van der Waals surface area contributed by atoms with Crippen molar-refractivity contribution in [1.29, 1.82) is 0 Å². The van der Waals surface area contributed by atoms with E-state index in [-0.39, 0.29) is 18.1 Å². The summed E-state index contributed by atoms with van der Waals surface area (Å²) in [5, 5.41) is 6.99. The van der Waals surface area contributed by atoms with Gasteiger partial charge in [0.2, 0.25) is 5.91 Å². The van der Waals surface area contributed by atoms with Crippen LogP contribution in [0.2, 0.25) is 0 Å². The van der Waals surface area contributed by atoms with Gasteiger partial charge in [-0.2, -0.15) is 5.10 Å². The molecule has 2 aromatic heterocycles. The Morgan fingerprint density at radius 3 is 2.79 bits per heavy atom. The summed E-state index contributed by atoms with van der Waals surface area (Å²) in [6, 6.07) is 9.88. The number of carbonyl (C=O) groups excluding carboxylic acids is 1. The molecule has 8 heteroatoms. The number of aryl methyl sites for hydroxylation is 1. The van der Waals surface area contributed by atoms with E-state index in [1.165, 1.54) is 6.07 Å². The molecule has 4 rings (SSSR count). The van der Waals surface area contributed by atoms with E-state index in [1.54, 1.807) is 47.4 Å². The lowest BCUT2D eigenvalue weighted by molar-refractivity contribution is -0.115. The lowest BCUT2D eigenvalue weighted by Crippen LogP contribution is -2.14. The van der Waals surface area contributed by atoms with Gasteiger partial charge in [0, 0.05) is 24.5 Å². The second-order valence-electron chi connectivity index (χ2n) is 6.33. The first kappa shape index (κ1) is 18.2. The average molecular weight is 440 g/mol. The molecule has 0 saturated heterocycles. The Labute approximate surface area is 168 Å². The molecule has 0 atom stereocenters. The summed E-state index contributed by atoms with van der Waals surface area (Å²) in [5.41, 5.74) is 4.31. The fraction of sp³-hybridized carbons (Fsp3) is 0.100. The number of hydrogen-bond acceptors (Lipinski definition) is 4. The van der Waals surface area contributed by atoms with E-state index in [2.05, 4.69) is 36.3 Å². The van der Waals surface area contributed by atoms with Crippen LogP contribution < -0.4 is 5.32 Å². The Bertz CT molecular complexity index is 1190. The molecule has 0 fully saturated rings. The number of halogens is 2. The molecular formula is C20H15BrFN5O. The number of amides is 1. The lowest BCUT2D eigenvalue weighted by atomic mass is 10.1. The third kappa shape index (κ3) is 3.91. The molecule has 0 aliphatic carbocycles. The molecule has 28 heavy (non-hydrogen) atoms. The maximum absolute atomic E-state index is 13.3. The average Bonchev–Trinajstić information content (AvgIpc) is 3.10. The molecule has 2 heterocycles. The van der Waals surface area contributed by atoms with Gasteiger partial charge in [0.15, 0.2) is 0 Å². The molecule has 0 bridgehead atoms. The predicted octanol–water partition coefficient (Wildman–Crippen LogP) is 4.11. The summed E-state index contributed by atoms with van der Waals surface area (Å²) in [6.07, 6.45) is 5.42. The van der Waals surface area contributed by atoms with Gasteiger partial charge in [-0.1, -0.05) is 6.07 Å². The van der Waals surface area contributed by atoms with Crippen LogP contribution in [0.4, 0.5) is 10.1 Å². The van der Waals surface area contributed by atoms with Gasteiger partial charge in [0.25, 0.3) is 0 Å². The molecule has 0 spiro atoms. The topological polar surface area (TPSA) is 72.7 Å². The van der Waals surface area contributed by atoms with E-state index in [1.807, 2.05) is 13.2 Å². The van der Waals surface area contributed by atoms with E-state index in [0.29, 0.717) is 26.9 Å². The Morgan fingerprint density at radius 2 is 2.04 bits per heavy atom. The van der Waals surface area contributed by atoms with Crippen molar-refractivity contribution < 1.29 is 9.18 Å². The monoisotopic (exact) mass is 439 g/mol. The maximum Gasteiger partial charge on any atom is 0.228 e. The van der Waals surface area contributed by atoms with Crippen molar-refractivity contribution in [1.82, 2.24) is 19.7 Å². The van der Waals surface area contributed by atoms with Crippen molar-refractivity contribution in [3.63, 3.8) is 0 Å². The van der Waals surface area contributed by atoms with Crippen LogP contribution >= 0.6 is 15.9 Å². The molecule has 4 aromatic rings. The highest BCUT2D eigenvalue weighted by molar-refractivity contribution is 9.10. The van der Waals surface area contributed by atoms with E-state index in [4.69, 9.17) is 0 Å². The Hall–Kier alpha value is -3.13. The number of benzene rings is 2. The number of rotatable bonds is 4. The van der Waals surface area contributed by atoms with Gasteiger partial charge in [0.05, 0.1) is 40.0 Å². The SMILES string of the molecule is Cn1cc(-c2cnc3ccc(NC(=O)Cc4ccc(F)c(Br)c4)cc3n2)cn1. The lowest BCUT2D eigenvalue weighted by Gasteiger charge is -2.07. The Kier molecular flexibility index (Phi) is 4.87. The molecule has 0 aliphatic heterocycles. The number of anilines is 1. The van der Waals surface area contributed by atoms with Crippen molar-refractivity contribution in [3.8, 4) is 11.3 Å². The van der Waals surface area contributed by atoms with Crippen LogP contribution in [0, 0.1) is 5.82 Å². The first-order chi connectivity index (χ1) is 13.5. The standard InChI is InChI=1S/C20H15BrFN5O/c1-27-11-13(9-24-27)19-10-23-17-5-3-14(8-18(17)26-19)25-20(28)7-12-2-4-16(22)15(21)6-12/h2-6,8-11H,7H2,1H3,(H,25,28). The highest BCUT2D eigenvalue weighted by Crippen LogP contribution is 2.22. The molecule has 0 unspecified atom stereocenters. The third-order valence-corrected chi connectivity index (χ3v) is 4.78. The van der Waals surface area contributed by atoms with Gasteiger partial charge in [-0.3, -0.25) is 14.5 Å². The van der Waals surface area contributed by atoms with Crippen molar-refractivity contribution >= 4 is 38.6 Å². The van der Waals surface area contributed by atoms with Gasteiger partial charge in [0.1, 0.15) is 5.82 Å². The van der Waals surface area contributed by atoms with Crippen LogP contribution in [0.5, 0.6) is 0 Å². The first-order valence-corrected chi connectivity index (χ1v) is 9.27. The summed E-state index contributed by atoms with van der Waals surface area (Å²) < 4.78 is 15.4. The summed E-state index contributed by atoms with van der Waals surface area (Å²) in [7, 11) is 1.84. The molecule has 6 nitrogen and oxygen atoms in total. The minimum atomic E-state index is -0.360. The van der Waals surface area contributed by atoms with Gasteiger partial charge in [-0.15, -0.1) is 0 Å². The van der Waals surface area contributed by atoms with Crippen LogP contribution in [-0.2, 0) is 18.3 Å². The molecular weight excluding hydrogens is 425 g/mol. The van der Waals surface area contributed by atoms with E-state index in [0.717, 1.165) is 11.1 Å². The van der Waals surface area contributed by atoms with Crippen molar-refractivity contribution in [2.75, 3.05) is 5.32 Å². The van der Waals surface area contributed by atoms with E-state index in [9.17, 15) is 9.18 Å². The van der Waals surface area contributed by atoms with Crippen molar-refractivity contribution in [3.05, 3.63) is 70.8 Å². The highest BCUT2D eigenvalue weighted by atomic mass is 79.9. The Balaban J connectivity index is 1.54. The zero-order valence-electron chi connectivity index (χ0n) is 14.9. The number of hydrogen-bond donors (Lipinski definition) is 1. The minimum absolute atomic E-state index is 0.137. The Morgan fingerprint density at radius 1 is 1.18 bits per heavy atom. The molecule has 0 radical (unpaired) electrons. The molecule has 1 amide bonds. The smallest absolute Gasteiger partial charge is 0.228 e. The highest BCUT2D eigenvalue weighted by Gasteiger charge is 2.09. The number of nitrogens with one attached hydrogen (secondary N) is 1. The van der Waals surface area contributed by atoms with E-state index < -0.39 is 0 Å². The van der Waals surface area contributed by atoms with Gasteiger partial charge < -0.3 is 5.32 Å². The summed E-state index contributed by atoms with van der Waals surface area (Å²) in [5.74, 6) is -0.559. The summed E-state index contributed by atoms with van der Waals surface area (Å²) in [6.45, 7) is 0. The van der Waals surface area contributed by atoms with Crippen LogP contribution in [0.25, 0.3) is 22.3 Å². The fourth-order valence-corrected chi connectivity index (χ4v) is 3.25. The maximum atomic E-state index is 13.3. The number of aromatic nitrogens is 4. The second-order valence-corrected chi connectivity index (χ2v) is 7.19. The van der Waals surface area contributed by atoms with Crippen molar-refractivity contribution in [2.45, 2.75) is 6.42 Å². The normalized spacial score (nSPS) is 11.0. The van der Waals surface area contributed by atoms with Crippen LogP contribution in [-0.4, -0.2) is 25.7 Å². The van der Waals surface area contributed by atoms with Crippen LogP contribution in [0.3, 0.4) is 0 Å². The fourth-order valence-electron chi connectivity index (χ4n) is 2.82. The quantitative estimate of drug-likeness (QED) is 0.519. The van der Waals surface area contributed by atoms with Crippen molar-refractivity contribution in [2.24, 2.45) is 7.05 Å². The molecule has 1 N–H and O–H groups in total.